The van der Waals surface area contributed by atoms with Crippen molar-refractivity contribution in [2.75, 3.05) is 0 Å². The molecule has 0 radical (unpaired) electrons. The smallest absolute Gasteiger partial charge is 0.0209 e. The lowest BCUT2D eigenvalue weighted by Gasteiger charge is -2.42. The van der Waals surface area contributed by atoms with Gasteiger partial charge >= 0.3 is 0 Å². The molecular weight excluding hydrogens is 504 g/mol. The van der Waals surface area contributed by atoms with E-state index in [0.717, 1.165) is 6.42 Å². The van der Waals surface area contributed by atoms with E-state index in [9.17, 15) is 0 Å². The maximum Gasteiger partial charge on any atom is 0.0209 e. The molecule has 0 saturated heterocycles. The Bertz CT molecular complexity index is 1260. The number of rotatable bonds is 16. The largest absolute Gasteiger partial charge is 0.0654 e. The quantitative estimate of drug-likeness (QED) is 0.120. The fourth-order valence-corrected chi connectivity index (χ4v) is 7.40. The molecule has 0 saturated carbocycles. The second-order valence-corrected chi connectivity index (χ2v) is 12.8. The van der Waals surface area contributed by atoms with Gasteiger partial charge in [-0.2, -0.15) is 0 Å². The van der Waals surface area contributed by atoms with E-state index in [1.807, 2.05) is 0 Å². The van der Waals surface area contributed by atoms with Crippen LogP contribution in [-0.2, 0) is 11.8 Å². The average molecular weight is 557 g/mol. The van der Waals surface area contributed by atoms with Gasteiger partial charge in [0, 0.05) is 5.41 Å². The van der Waals surface area contributed by atoms with Crippen molar-refractivity contribution in [3.05, 3.63) is 119 Å². The van der Waals surface area contributed by atoms with Gasteiger partial charge < -0.3 is 0 Å². The Morgan fingerprint density at radius 3 is 1.26 bits per heavy atom. The van der Waals surface area contributed by atoms with Gasteiger partial charge in [-0.15, -0.1) is 0 Å². The molecule has 0 amide bonds. The van der Waals surface area contributed by atoms with E-state index >= 15 is 0 Å². The van der Waals surface area contributed by atoms with Gasteiger partial charge in [-0.25, -0.2) is 0 Å². The maximum atomic E-state index is 2.59. The van der Waals surface area contributed by atoms with Crippen LogP contribution in [0.5, 0.6) is 0 Å². The van der Waals surface area contributed by atoms with Crippen LogP contribution in [-0.4, -0.2) is 0 Å². The number of hydrogen-bond donors (Lipinski definition) is 0. The molecule has 42 heavy (non-hydrogen) atoms. The molecule has 0 aliphatic heterocycles. The van der Waals surface area contributed by atoms with Gasteiger partial charge in [-0.1, -0.05) is 176 Å². The van der Waals surface area contributed by atoms with Crippen molar-refractivity contribution in [1.82, 2.24) is 0 Å². The van der Waals surface area contributed by atoms with Crippen LogP contribution in [0.4, 0.5) is 0 Å². The molecule has 4 aromatic rings. The fourth-order valence-electron chi connectivity index (χ4n) is 7.40. The van der Waals surface area contributed by atoms with Crippen LogP contribution in [0.15, 0.2) is 97.1 Å². The van der Waals surface area contributed by atoms with Gasteiger partial charge in [0.15, 0.2) is 0 Å². The highest BCUT2D eigenvalue weighted by Gasteiger charge is 2.40. The lowest BCUT2D eigenvalue weighted by Crippen LogP contribution is -2.34. The summed E-state index contributed by atoms with van der Waals surface area (Å²) in [5.74, 6) is 0. The summed E-state index contributed by atoms with van der Waals surface area (Å²) in [6.45, 7) is 4.64. The van der Waals surface area contributed by atoms with Crippen molar-refractivity contribution < 1.29 is 0 Å². The number of hydrogen-bond acceptors (Lipinski definition) is 0. The first-order valence-electron chi connectivity index (χ1n) is 17.1. The molecule has 1 aliphatic rings. The standard InChI is InChI=1S/C42H52/c1-3-5-7-9-11-19-29-42(30-20-12-10-8-6-4-2)40-32-36(34-21-15-13-16-22-34)25-27-38(40)31-39-28-26-37(33-41(39)42)35-23-17-14-18-24-35/h13-18,21-28,32-33H,3-12,19-20,29-31H2,1-2H3. The predicted molar refractivity (Wildman–Crippen MR) is 183 cm³/mol. The molecule has 1 aliphatic carbocycles. The van der Waals surface area contributed by atoms with E-state index in [2.05, 4.69) is 111 Å². The zero-order chi connectivity index (χ0) is 29.0. The van der Waals surface area contributed by atoms with Crippen molar-refractivity contribution in [1.29, 1.82) is 0 Å². The van der Waals surface area contributed by atoms with E-state index < -0.39 is 0 Å². The molecular formula is C42H52. The Morgan fingerprint density at radius 2 is 0.833 bits per heavy atom. The van der Waals surface area contributed by atoms with Crippen molar-refractivity contribution in [2.24, 2.45) is 0 Å². The van der Waals surface area contributed by atoms with Gasteiger partial charge in [0.2, 0.25) is 0 Å². The molecule has 0 heterocycles. The van der Waals surface area contributed by atoms with Gasteiger partial charge in [0.25, 0.3) is 0 Å². The van der Waals surface area contributed by atoms with Crippen LogP contribution in [0.3, 0.4) is 0 Å². The van der Waals surface area contributed by atoms with Crippen molar-refractivity contribution in [3.63, 3.8) is 0 Å². The molecule has 0 spiro atoms. The summed E-state index contributed by atoms with van der Waals surface area (Å²) in [7, 11) is 0. The summed E-state index contributed by atoms with van der Waals surface area (Å²) in [6, 6.07) is 36.9. The Labute approximate surface area is 256 Å². The summed E-state index contributed by atoms with van der Waals surface area (Å²) in [5, 5.41) is 0. The minimum Gasteiger partial charge on any atom is -0.0654 e. The van der Waals surface area contributed by atoms with Crippen molar-refractivity contribution >= 4 is 0 Å². The molecule has 0 bridgehead atoms. The highest BCUT2D eigenvalue weighted by molar-refractivity contribution is 5.70. The minimum absolute atomic E-state index is 0.0774. The number of fused-ring (bicyclic) bond motifs is 2. The molecule has 0 fully saturated rings. The van der Waals surface area contributed by atoms with Crippen LogP contribution in [0.1, 0.15) is 126 Å². The minimum atomic E-state index is 0.0774. The predicted octanol–water partition coefficient (Wildman–Crippen LogP) is 12.7. The lowest BCUT2D eigenvalue weighted by molar-refractivity contribution is 0.381. The third-order valence-corrected chi connectivity index (χ3v) is 9.76. The molecule has 220 valence electrons. The first kappa shape index (κ1) is 30.3. The summed E-state index contributed by atoms with van der Waals surface area (Å²) in [4.78, 5) is 0. The van der Waals surface area contributed by atoms with E-state index in [-0.39, 0.29) is 5.41 Å². The number of benzene rings is 4. The normalized spacial score (nSPS) is 13.5. The van der Waals surface area contributed by atoms with Crippen LogP contribution in [0.2, 0.25) is 0 Å². The van der Waals surface area contributed by atoms with E-state index in [1.165, 1.54) is 112 Å². The van der Waals surface area contributed by atoms with Crippen LogP contribution in [0.25, 0.3) is 22.3 Å². The maximum absolute atomic E-state index is 2.59. The third-order valence-electron chi connectivity index (χ3n) is 9.76. The Balaban J connectivity index is 1.57. The highest BCUT2D eigenvalue weighted by Crippen LogP contribution is 2.50. The van der Waals surface area contributed by atoms with E-state index in [4.69, 9.17) is 0 Å². The SMILES string of the molecule is CCCCCCCCC1(CCCCCCCC)c2cc(-c3ccccc3)ccc2Cc2ccc(-c3ccccc3)cc21. The Kier molecular flexibility index (Phi) is 11.1. The fraction of sp³-hybridized carbons (Fsp3) is 0.429. The van der Waals surface area contributed by atoms with Gasteiger partial charge in [0.05, 0.1) is 0 Å². The molecule has 4 aromatic carbocycles. The zero-order valence-electron chi connectivity index (χ0n) is 26.3. The van der Waals surface area contributed by atoms with Crippen LogP contribution < -0.4 is 0 Å². The number of unbranched alkanes of at least 4 members (excludes halogenated alkanes) is 10. The summed E-state index contributed by atoms with van der Waals surface area (Å²) in [5.41, 5.74) is 11.8. The Morgan fingerprint density at radius 1 is 0.429 bits per heavy atom. The molecule has 5 rings (SSSR count). The van der Waals surface area contributed by atoms with E-state index in [1.54, 1.807) is 22.3 Å². The summed E-state index contributed by atoms with van der Waals surface area (Å²) in [6.07, 6.45) is 19.7. The second kappa shape index (κ2) is 15.4. The summed E-state index contributed by atoms with van der Waals surface area (Å²) < 4.78 is 0. The van der Waals surface area contributed by atoms with Gasteiger partial charge in [-0.3, -0.25) is 0 Å². The average Bonchev–Trinajstić information content (AvgIpc) is 3.05. The first-order valence-corrected chi connectivity index (χ1v) is 17.1. The Hall–Kier alpha value is -3.12. The van der Waals surface area contributed by atoms with Gasteiger partial charge in [-0.05, 0) is 75.9 Å². The molecule has 0 heteroatoms. The first-order chi connectivity index (χ1) is 20.7. The topological polar surface area (TPSA) is 0 Å². The van der Waals surface area contributed by atoms with Crippen molar-refractivity contribution in [3.8, 4) is 22.3 Å². The monoisotopic (exact) mass is 556 g/mol. The molecule has 0 atom stereocenters. The highest BCUT2D eigenvalue weighted by atomic mass is 14.4. The van der Waals surface area contributed by atoms with Crippen LogP contribution in [0, 0.1) is 0 Å². The van der Waals surface area contributed by atoms with E-state index in [0.29, 0.717) is 0 Å². The molecule has 0 aromatic heterocycles. The second-order valence-electron chi connectivity index (χ2n) is 12.8. The van der Waals surface area contributed by atoms with Gasteiger partial charge in [0.1, 0.15) is 0 Å². The van der Waals surface area contributed by atoms with Crippen molar-refractivity contribution in [2.45, 2.75) is 116 Å². The third kappa shape index (κ3) is 7.26. The molecule has 0 nitrogen and oxygen atoms in total. The zero-order valence-corrected chi connectivity index (χ0v) is 26.3. The molecule has 0 unspecified atom stereocenters. The summed E-state index contributed by atoms with van der Waals surface area (Å²) >= 11 is 0. The molecule has 0 N–H and O–H groups in total. The van der Waals surface area contributed by atoms with Crippen LogP contribution >= 0.6 is 0 Å². The lowest BCUT2D eigenvalue weighted by atomic mass is 9.61.